The zero-order chi connectivity index (χ0) is 8.36. The van der Waals surface area contributed by atoms with Crippen LogP contribution in [-0.2, 0) is 0 Å². The van der Waals surface area contributed by atoms with Crippen LogP contribution in [0.25, 0.3) is 0 Å². The van der Waals surface area contributed by atoms with E-state index in [1.54, 1.807) is 10.8 Å². The Morgan fingerprint density at radius 2 is 1.91 bits per heavy atom. The Hall–Kier alpha value is 0.580. The largest absolute Gasteiger partial charge is 0.395 e. The summed E-state index contributed by atoms with van der Waals surface area (Å²) in [5, 5.41) is 11.5. The van der Waals surface area contributed by atoms with Gasteiger partial charge in [0.2, 0.25) is 0 Å². The van der Waals surface area contributed by atoms with E-state index in [-0.39, 0.29) is 6.61 Å². The average molecular weight is 196 g/mol. The van der Waals surface area contributed by atoms with Gasteiger partial charge in [0.05, 0.1) is 6.61 Å². The van der Waals surface area contributed by atoms with Crippen molar-refractivity contribution >= 4 is 21.6 Å². The molecule has 3 nitrogen and oxygen atoms in total. The van der Waals surface area contributed by atoms with E-state index >= 15 is 0 Å². The van der Waals surface area contributed by atoms with Crippen molar-refractivity contribution in [2.24, 2.45) is 5.73 Å². The third kappa shape index (κ3) is 10.6. The standard InChI is InChI=1S/C6H16N2OS2/c7-1-5-10-11-6-3-8-2-4-9/h8-9H,1-7H2. The first kappa shape index (κ1) is 11.6. The van der Waals surface area contributed by atoms with Crippen LogP contribution in [0.15, 0.2) is 0 Å². The maximum atomic E-state index is 8.42. The van der Waals surface area contributed by atoms with E-state index < -0.39 is 0 Å². The lowest BCUT2D eigenvalue weighted by molar-refractivity contribution is 0.294. The molecule has 5 heteroatoms. The van der Waals surface area contributed by atoms with Crippen LogP contribution < -0.4 is 11.1 Å². The molecule has 0 spiro atoms. The maximum absolute atomic E-state index is 8.42. The highest BCUT2D eigenvalue weighted by molar-refractivity contribution is 8.76. The number of rotatable bonds is 8. The van der Waals surface area contributed by atoms with E-state index in [1.807, 2.05) is 10.8 Å². The van der Waals surface area contributed by atoms with E-state index in [9.17, 15) is 0 Å². The number of hydrogen-bond acceptors (Lipinski definition) is 5. The Bertz CT molecular complexity index is 67.6. The first-order valence-corrected chi connectivity index (χ1v) is 6.16. The van der Waals surface area contributed by atoms with Crippen molar-refractivity contribution in [3.63, 3.8) is 0 Å². The fraction of sp³-hybridized carbons (Fsp3) is 1.00. The summed E-state index contributed by atoms with van der Waals surface area (Å²) in [7, 11) is 3.62. The van der Waals surface area contributed by atoms with Crippen molar-refractivity contribution in [1.82, 2.24) is 5.32 Å². The van der Waals surface area contributed by atoms with Crippen molar-refractivity contribution in [2.75, 3.05) is 37.7 Å². The van der Waals surface area contributed by atoms with Crippen molar-refractivity contribution in [3.8, 4) is 0 Å². The summed E-state index contributed by atoms with van der Waals surface area (Å²) >= 11 is 0. The van der Waals surface area contributed by atoms with Gasteiger partial charge in [0.15, 0.2) is 0 Å². The van der Waals surface area contributed by atoms with Gasteiger partial charge in [0, 0.05) is 31.1 Å². The maximum Gasteiger partial charge on any atom is 0.0555 e. The average Bonchev–Trinajstić information content (AvgIpc) is 2.03. The molecule has 0 aliphatic carbocycles. The molecule has 0 amide bonds. The topological polar surface area (TPSA) is 58.3 Å². The number of nitrogens with one attached hydrogen (secondary N) is 1. The van der Waals surface area contributed by atoms with Crippen molar-refractivity contribution in [3.05, 3.63) is 0 Å². The van der Waals surface area contributed by atoms with Gasteiger partial charge in [-0.2, -0.15) is 0 Å². The predicted octanol–water partition coefficient (Wildman–Crippen LogP) is -0.0916. The molecule has 0 aromatic rings. The smallest absolute Gasteiger partial charge is 0.0555 e. The predicted molar refractivity (Wildman–Crippen MR) is 53.9 cm³/mol. The molecule has 0 fully saturated rings. The molecule has 0 aliphatic rings. The molecular weight excluding hydrogens is 180 g/mol. The third-order valence-electron chi connectivity index (χ3n) is 0.935. The summed E-state index contributed by atoms with van der Waals surface area (Å²) in [6, 6.07) is 0. The summed E-state index contributed by atoms with van der Waals surface area (Å²) in [4.78, 5) is 0. The van der Waals surface area contributed by atoms with Gasteiger partial charge in [-0.1, -0.05) is 21.6 Å². The summed E-state index contributed by atoms with van der Waals surface area (Å²) in [5.74, 6) is 2.09. The van der Waals surface area contributed by atoms with Crippen molar-refractivity contribution in [2.45, 2.75) is 0 Å². The molecule has 0 rings (SSSR count). The Kier molecular flexibility index (Phi) is 11.1. The second kappa shape index (κ2) is 10.6. The summed E-state index contributed by atoms with van der Waals surface area (Å²) < 4.78 is 0. The molecule has 0 atom stereocenters. The van der Waals surface area contributed by atoms with Crippen LogP contribution in [0.5, 0.6) is 0 Å². The van der Waals surface area contributed by atoms with Crippen LogP contribution in [0.1, 0.15) is 0 Å². The summed E-state index contributed by atoms with van der Waals surface area (Å²) in [6.45, 7) is 2.63. The molecule has 0 aromatic heterocycles. The third-order valence-corrected chi connectivity index (χ3v) is 3.38. The Morgan fingerprint density at radius 3 is 2.55 bits per heavy atom. The first-order valence-electron chi connectivity index (χ1n) is 3.68. The van der Waals surface area contributed by atoms with Gasteiger partial charge in [-0.3, -0.25) is 0 Å². The van der Waals surface area contributed by atoms with Crippen LogP contribution in [0.2, 0.25) is 0 Å². The fourth-order valence-corrected chi connectivity index (χ4v) is 2.29. The van der Waals surface area contributed by atoms with Gasteiger partial charge >= 0.3 is 0 Å². The molecular formula is C6H16N2OS2. The van der Waals surface area contributed by atoms with Crippen LogP contribution >= 0.6 is 21.6 Å². The Labute approximate surface area is 75.9 Å². The van der Waals surface area contributed by atoms with E-state index in [2.05, 4.69) is 5.32 Å². The normalized spacial score (nSPS) is 10.4. The molecule has 0 saturated heterocycles. The van der Waals surface area contributed by atoms with Crippen molar-refractivity contribution in [1.29, 1.82) is 0 Å². The molecule has 0 unspecified atom stereocenters. The number of aliphatic hydroxyl groups is 1. The zero-order valence-electron chi connectivity index (χ0n) is 6.58. The molecule has 0 heterocycles. The quantitative estimate of drug-likeness (QED) is 0.374. The van der Waals surface area contributed by atoms with Crippen LogP contribution in [-0.4, -0.2) is 42.9 Å². The minimum absolute atomic E-state index is 0.223. The Balaban J connectivity index is 2.69. The fourth-order valence-electron chi connectivity index (χ4n) is 0.484. The highest BCUT2D eigenvalue weighted by atomic mass is 33.1. The number of aliphatic hydroxyl groups excluding tert-OH is 1. The van der Waals surface area contributed by atoms with E-state index in [1.165, 1.54) is 0 Å². The first-order chi connectivity index (χ1) is 5.41. The summed E-state index contributed by atoms with van der Waals surface area (Å²) in [6.07, 6.45) is 0. The molecule has 68 valence electrons. The SMILES string of the molecule is NCCSSCCNCCO. The van der Waals surface area contributed by atoms with Crippen LogP contribution in [0.4, 0.5) is 0 Å². The van der Waals surface area contributed by atoms with Gasteiger partial charge in [0.1, 0.15) is 0 Å². The zero-order valence-corrected chi connectivity index (χ0v) is 8.22. The monoisotopic (exact) mass is 196 g/mol. The Morgan fingerprint density at radius 1 is 1.18 bits per heavy atom. The second-order valence-corrected chi connectivity index (χ2v) is 4.61. The van der Waals surface area contributed by atoms with Gasteiger partial charge in [-0.25, -0.2) is 0 Å². The highest BCUT2D eigenvalue weighted by Gasteiger charge is 1.88. The van der Waals surface area contributed by atoms with Crippen molar-refractivity contribution < 1.29 is 5.11 Å². The lowest BCUT2D eigenvalue weighted by Gasteiger charge is -2.00. The van der Waals surface area contributed by atoms with E-state index in [0.717, 1.165) is 24.6 Å². The van der Waals surface area contributed by atoms with Gasteiger partial charge in [-0.05, 0) is 0 Å². The number of hydrogen-bond donors (Lipinski definition) is 3. The molecule has 0 aliphatic heterocycles. The molecule has 4 N–H and O–H groups in total. The van der Waals surface area contributed by atoms with E-state index in [0.29, 0.717) is 6.54 Å². The molecule has 0 radical (unpaired) electrons. The van der Waals surface area contributed by atoms with Crippen LogP contribution in [0, 0.1) is 0 Å². The van der Waals surface area contributed by atoms with Crippen LogP contribution in [0.3, 0.4) is 0 Å². The summed E-state index contributed by atoms with van der Waals surface area (Å²) in [5.41, 5.74) is 5.31. The van der Waals surface area contributed by atoms with Gasteiger partial charge in [0.25, 0.3) is 0 Å². The second-order valence-electron chi connectivity index (χ2n) is 1.91. The molecule has 0 bridgehead atoms. The minimum Gasteiger partial charge on any atom is -0.395 e. The molecule has 0 aromatic carbocycles. The minimum atomic E-state index is 0.223. The highest BCUT2D eigenvalue weighted by Crippen LogP contribution is 2.18. The lowest BCUT2D eigenvalue weighted by Crippen LogP contribution is -2.20. The van der Waals surface area contributed by atoms with Gasteiger partial charge < -0.3 is 16.2 Å². The van der Waals surface area contributed by atoms with Gasteiger partial charge in [-0.15, -0.1) is 0 Å². The number of nitrogens with two attached hydrogens (primary N) is 1. The lowest BCUT2D eigenvalue weighted by atomic mass is 10.6. The molecule has 11 heavy (non-hydrogen) atoms. The van der Waals surface area contributed by atoms with E-state index in [4.69, 9.17) is 10.8 Å². The molecule has 0 saturated carbocycles.